The number of hydrogen-bond donors (Lipinski definition) is 1. The Morgan fingerprint density at radius 1 is 0.296 bits per heavy atom. The van der Waals surface area contributed by atoms with Gasteiger partial charge < -0.3 is 5.32 Å². The second-order valence-corrected chi connectivity index (χ2v) is 8.82. The zero-order chi connectivity index (χ0) is 19.7. The third kappa shape index (κ3) is 26.0. The Hall–Kier alpha value is -0.0400. The molecule has 1 N–H and O–H groups in total. The van der Waals surface area contributed by atoms with E-state index in [4.69, 9.17) is 0 Å². The van der Waals surface area contributed by atoms with Gasteiger partial charge in [-0.1, -0.05) is 142 Å². The Kier molecular flexibility index (Phi) is 25.9. The van der Waals surface area contributed by atoms with Crippen LogP contribution in [0, 0.1) is 0 Å². The molecule has 0 saturated heterocycles. The molecule has 164 valence electrons. The molecule has 0 saturated carbocycles. The second-order valence-electron chi connectivity index (χ2n) is 8.82. The molecule has 0 aliphatic heterocycles. The van der Waals surface area contributed by atoms with Crippen molar-refractivity contribution in [2.45, 2.75) is 155 Å². The minimum atomic E-state index is 1.24. The van der Waals surface area contributed by atoms with Crippen molar-refractivity contribution in [2.75, 3.05) is 13.1 Å². The van der Waals surface area contributed by atoms with Gasteiger partial charge >= 0.3 is 0 Å². The molecule has 0 aromatic rings. The first-order valence-electron chi connectivity index (χ1n) is 13.1. The fraction of sp³-hybridized carbons (Fsp3) is 1.00. The van der Waals surface area contributed by atoms with Gasteiger partial charge in [0.2, 0.25) is 0 Å². The summed E-state index contributed by atoms with van der Waals surface area (Å²) in [6.45, 7) is 7.06. The van der Waals surface area contributed by atoms with Crippen LogP contribution in [0.2, 0.25) is 0 Å². The lowest BCUT2D eigenvalue weighted by Crippen LogP contribution is -2.16. The van der Waals surface area contributed by atoms with Crippen LogP contribution >= 0.6 is 0 Å². The van der Waals surface area contributed by atoms with Gasteiger partial charge in [0.15, 0.2) is 0 Å². The average Bonchev–Trinajstić information content (AvgIpc) is 2.68. The smallest absolute Gasteiger partial charge is 0.00489 e. The van der Waals surface area contributed by atoms with Crippen molar-refractivity contribution in [2.24, 2.45) is 0 Å². The maximum Gasteiger partial charge on any atom is -0.00489 e. The molecule has 0 heterocycles. The monoisotopic (exact) mass is 381 g/mol. The standard InChI is InChI=1S/C26H55N/c1-3-5-7-9-10-11-12-13-14-15-16-17-18-19-20-21-22-24-26-27-25-23-8-6-4-2/h27H,3-26H2,1-2H3. The van der Waals surface area contributed by atoms with Gasteiger partial charge in [-0.3, -0.25) is 0 Å². The van der Waals surface area contributed by atoms with Gasteiger partial charge in [0.05, 0.1) is 0 Å². The first-order chi connectivity index (χ1) is 13.4. The lowest BCUT2D eigenvalue weighted by Gasteiger charge is -2.05. The molecule has 0 radical (unpaired) electrons. The van der Waals surface area contributed by atoms with Crippen LogP contribution in [0.4, 0.5) is 0 Å². The van der Waals surface area contributed by atoms with E-state index >= 15 is 0 Å². The third-order valence-corrected chi connectivity index (χ3v) is 5.91. The lowest BCUT2D eigenvalue weighted by atomic mass is 10.0. The SMILES string of the molecule is CCCCCCCCCCCCCCCCCCCCNCCCCCC. The Labute approximate surface area is 173 Å². The molecule has 1 nitrogen and oxygen atoms in total. The molecule has 0 aliphatic carbocycles. The molecule has 0 amide bonds. The molecule has 0 aromatic heterocycles. The zero-order valence-electron chi connectivity index (χ0n) is 19.5. The minimum absolute atomic E-state index is 1.24. The van der Waals surface area contributed by atoms with Crippen molar-refractivity contribution < 1.29 is 0 Å². The van der Waals surface area contributed by atoms with Crippen LogP contribution in [0.25, 0.3) is 0 Å². The fourth-order valence-electron chi connectivity index (χ4n) is 3.95. The topological polar surface area (TPSA) is 12.0 Å². The van der Waals surface area contributed by atoms with E-state index in [1.165, 1.54) is 154 Å². The summed E-state index contributed by atoms with van der Waals surface area (Å²) in [5, 5.41) is 3.60. The van der Waals surface area contributed by atoms with Crippen molar-refractivity contribution >= 4 is 0 Å². The highest BCUT2D eigenvalue weighted by atomic mass is 14.8. The molecule has 0 aromatic carbocycles. The quantitative estimate of drug-likeness (QED) is 0.164. The summed E-state index contributed by atoms with van der Waals surface area (Å²) in [4.78, 5) is 0. The summed E-state index contributed by atoms with van der Waals surface area (Å²) in [6.07, 6.45) is 31.8. The molecule has 0 unspecified atom stereocenters. The fourth-order valence-corrected chi connectivity index (χ4v) is 3.95. The molecule has 0 rings (SSSR count). The number of hydrogen-bond acceptors (Lipinski definition) is 1. The predicted octanol–water partition coefficient (Wildman–Crippen LogP) is 9.20. The lowest BCUT2D eigenvalue weighted by molar-refractivity contribution is 0.520. The predicted molar refractivity (Wildman–Crippen MR) is 126 cm³/mol. The van der Waals surface area contributed by atoms with E-state index in [1.807, 2.05) is 0 Å². The summed E-state index contributed by atoms with van der Waals surface area (Å²) >= 11 is 0. The van der Waals surface area contributed by atoms with Gasteiger partial charge in [-0.25, -0.2) is 0 Å². The number of rotatable bonds is 24. The average molecular weight is 382 g/mol. The van der Waals surface area contributed by atoms with Gasteiger partial charge in [0, 0.05) is 0 Å². The van der Waals surface area contributed by atoms with E-state index in [-0.39, 0.29) is 0 Å². The van der Waals surface area contributed by atoms with Gasteiger partial charge in [0.25, 0.3) is 0 Å². The summed E-state index contributed by atoms with van der Waals surface area (Å²) in [7, 11) is 0. The molecule has 1 heteroatoms. The Morgan fingerprint density at radius 2 is 0.519 bits per heavy atom. The highest BCUT2D eigenvalue weighted by molar-refractivity contribution is 4.52. The van der Waals surface area contributed by atoms with Crippen molar-refractivity contribution in [3.63, 3.8) is 0 Å². The molecule has 0 spiro atoms. The van der Waals surface area contributed by atoms with Crippen molar-refractivity contribution in [1.82, 2.24) is 5.32 Å². The van der Waals surface area contributed by atoms with Crippen molar-refractivity contribution in [3.05, 3.63) is 0 Å². The zero-order valence-corrected chi connectivity index (χ0v) is 19.5. The van der Waals surface area contributed by atoms with Crippen LogP contribution in [0.3, 0.4) is 0 Å². The van der Waals surface area contributed by atoms with Crippen molar-refractivity contribution in [1.29, 1.82) is 0 Å². The maximum atomic E-state index is 3.60. The van der Waals surface area contributed by atoms with Crippen LogP contribution in [-0.2, 0) is 0 Å². The Morgan fingerprint density at radius 3 is 0.815 bits per heavy atom. The molecule has 27 heavy (non-hydrogen) atoms. The van der Waals surface area contributed by atoms with Gasteiger partial charge in [-0.15, -0.1) is 0 Å². The molecular weight excluding hydrogens is 326 g/mol. The molecule has 0 aliphatic rings. The van der Waals surface area contributed by atoms with Gasteiger partial charge in [0.1, 0.15) is 0 Å². The van der Waals surface area contributed by atoms with E-state index in [9.17, 15) is 0 Å². The molecule has 0 atom stereocenters. The highest BCUT2D eigenvalue weighted by Crippen LogP contribution is 2.14. The molecule has 0 bridgehead atoms. The van der Waals surface area contributed by atoms with E-state index in [0.717, 1.165) is 0 Å². The van der Waals surface area contributed by atoms with Gasteiger partial charge in [-0.05, 0) is 25.9 Å². The second kappa shape index (κ2) is 26.0. The summed E-state index contributed by atoms with van der Waals surface area (Å²) in [5.41, 5.74) is 0. The van der Waals surface area contributed by atoms with Crippen LogP contribution in [-0.4, -0.2) is 13.1 Å². The third-order valence-electron chi connectivity index (χ3n) is 5.91. The highest BCUT2D eigenvalue weighted by Gasteiger charge is 1.95. The summed E-state index contributed by atoms with van der Waals surface area (Å²) < 4.78 is 0. The first-order valence-corrected chi connectivity index (χ1v) is 13.1. The first kappa shape index (κ1) is 27.0. The van der Waals surface area contributed by atoms with E-state index < -0.39 is 0 Å². The Bertz CT molecular complexity index is 214. The molecular formula is C26H55N. The number of unbranched alkanes of at least 4 members (excludes halogenated alkanes) is 20. The van der Waals surface area contributed by atoms with Crippen LogP contribution in [0.1, 0.15) is 155 Å². The van der Waals surface area contributed by atoms with Crippen molar-refractivity contribution in [3.8, 4) is 0 Å². The number of nitrogens with one attached hydrogen (secondary N) is 1. The minimum Gasteiger partial charge on any atom is -0.317 e. The van der Waals surface area contributed by atoms with Crippen LogP contribution < -0.4 is 5.32 Å². The summed E-state index contributed by atoms with van der Waals surface area (Å²) in [6, 6.07) is 0. The van der Waals surface area contributed by atoms with Crippen LogP contribution in [0.15, 0.2) is 0 Å². The maximum absolute atomic E-state index is 3.60. The van der Waals surface area contributed by atoms with E-state index in [2.05, 4.69) is 19.2 Å². The summed E-state index contributed by atoms with van der Waals surface area (Å²) in [5.74, 6) is 0. The van der Waals surface area contributed by atoms with E-state index in [0.29, 0.717) is 0 Å². The largest absolute Gasteiger partial charge is 0.317 e. The van der Waals surface area contributed by atoms with E-state index in [1.54, 1.807) is 0 Å². The van der Waals surface area contributed by atoms with Crippen LogP contribution in [0.5, 0.6) is 0 Å². The van der Waals surface area contributed by atoms with Gasteiger partial charge in [-0.2, -0.15) is 0 Å². The normalized spacial score (nSPS) is 11.3. The molecule has 0 fully saturated rings. The Balaban J connectivity index is 2.95.